The fourth-order valence-electron chi connectivity index (χ4n) is 5.85. The van der Waals surface area contributed by atoms with Crippen LogP contribution in [0, 0.1) is 0 Å². The maximum atomic E-state index is 13.2. The molecule has 4 heterocycles. The van der Waals surface area contributed by atoms with Gasteiger partial charge in [0.15, 0.2) is 0 Å². The number of carbonyl (C=O) groups is 1. The van der Waals surface area contributed by atoms with Gasteiger partial charge in [0.2, 0.25) is 0 Å². The summed E-state index contributed by atoms with van der Waals surface area (Å²) in [7, 11) is 3.20. The summed E-state index contributed by atoms with van der Waals surface area (Å²) in [6.45, 7) is 0. The Bertz CT molecular complexity index is 1440. The molecular formula is C29H29ClN4O3. The zero-order chi connectivity index (χ0) is 25.5. The van der Waals surface area contributed by atoms with Crippen LogP contribution < -0.4 is 14.8 Å². The summed E-state index contributed by atoms with van der Waals surface area (Å²) in [5.74, 6) is 1.37. The van der Waals surface area contributed by atoms with Crippen molar-refractivity contribution in [3.8, 4) is 22.8 Å². The lowest BCUT2D eigenvalue weighted by Gasteiger charge is -2.39. The second-order valence-electron chi connectivity index (χ2n) is 9.77. The quantitative estimate of drug-likeness (QED) is 0.344. The van der Waals surface area contributed by atoms with Crippen molar-refractivity contribution in [2.24, 2.45) is 0 Å². The third-order valence-corrected chi connectivity index (χ3v) is 7.86. The van der Waals surface area contributed by atoms with Crippen LogP contribution in [0.4, 0.5) is 5.69 Å². The zero-order valence-corrected chi connectivity index (χ0v) is 21.6. The topological polar surface area (TPSA) is 68.1 Å². The highest BCUT2D eigenvalue weighted by molar-refractivity contribution is 6.32. The van der Waals surface area contributed by atoms with Crippen LogP contribution in [0.15, 0.2) is 67.0 Å². The number of ether oxygens (including phenoxy) is 2. The molecule has 2 aliphatic heterocycles. The third-order valence-electron chi connectivity index (χ3n) is 7.57. The molecule has 2 fully saturated rings. The Balaban J connectivity index is 1.20. The number of methoxy groups -OCH3 is 2. The van der Waals surface area contributed by atoms with Crippen LogP contribution in [-0.4, -0.2) is 52.5 Å². The molecule has 37 heavy (non-hydrogen) atoms. The summed E-state index contributed by atoms with van der Waals surface area (Å²) in [5, 5.41) is 4.22. The number of piperidine rings is 1. The summed E-state index contributed by atoms with van der Waals surface area (Å²) in [6.07, 6.45) is 8.00. The highest BCUT2D eigenvalue weighted by atomic mass is 35.5. The Labute approximate surface area is 221 Å². The van der Waals surface area contributed by atoms with Gasteiger partial charge in [-0.2, -0.15) is 0 Å². The monoisotopic (exact) mass is 516 g/mol. The van der Waals surface area contributed by atoms with Gasteiger partial charge < -0.3 is 24.1 Å². The molecule has 190 valence electrons. The minimum atomic E-state index is 0.159. The van der Waals surface area contributed by atoms with Crippen molar-refractivity contribution in [3.63, 3.8) is 0 Å². The van der Waals surface area contributed by atoms with E-state index in [0.717, 1.165) is 53.8 Å². The molecule has 1 amide bonds. The van der Waals surface area contributed by atoms with Gasteiger partial charge in [-0.1, -0.05) is 29.8 Å². The van der Waals surface area contributed by atoms with E-state index in [9.17, 15) is 4.79 Å². The van der Waals surface area contributed by atoms with Gasteiger partial charge in [0.1, 0.15) is 17.1 Å². The van der Waals surface area contributed by atoms with E-state index in [2.05, 4.69) is 22.3 Å². The molecule has 1 N–H and O–H groups in total. The van der Waals surface area contributed by atoms with E-state index in [0.29, 0.717) is 22.6 Å². The maximum absolute atomic E-state index is 13.2. The summed E-state index contributed by atoms with van der Waals surface area (Å²) in [6, 6.07) is 18.2. The first-order valence-corrected chi connectivity index (χ1v) is 13.0. The number of hydrogen-bond donors (Lipinski definition) is 1. The van der Waals surface area contributed by atoms with E-state index in [-0.39, 0.29) is 18.0 Å². The van der Waals surface area contributed by atoms with Gasteiger partial charge in [-0.3, -0.25) is 4.79 Å². The summed E-state index contributed by atoms with van der Waals surface area (Å²) < 4.78 is 12.9. The number of aromatic nitrogens is 2. The van der Waals surface area contributed by atoms with E-state index in [1.54, 1.807) is 20.3 Å². The number of halogens is 1. The number of carbonyl (C=O) groups excluding carboxylic acids is 1. The van der Waals surface area contributed by atoms with Crippen LogP contribution in [-0.2, 0) is 0 Å². The van der Waals surface area contributed by atoms with E-state index in [1.807, 2.05) is 53.2 Å². The molecule has 2 aliphatic rings. The minimum absolute atomic E-state index is 0.159. The van der Waals surface area contributed by atoms with Crippen molar-refractivity contribution in [2.75, 3.05) is 19.5 Å². The van der Waals surface area contributed by atoms with Crippen LogP contribution in [0.25, 0.3) is 16.9 Å². The Morgan fingerprint density at radius 3 is 2.43 bits per heavy atom. The molecule has 2 saturated heterocycles. The summed E-state index contributed by atoms with van der Waals surface area (Å²) >= 11 is 6.38. The number of rotatable bonds is 6. The molecule has 0 spiro atoms. The van der Waals surface area contributed by atoms with Gasteiger partial charge in [0.05, 0.1) is 24.9 Å². The smallest absolute Gasteiger partial charge is 0.254 e. The van der Waals surface area contributed by atoms with Gasteiger partial charge in [-0.05, 0) is 49.9 Å². The Morgan fingerprint density at radius 2 is 1.73 bits per heavy atom. The van der Waals surface area contributed by atoms with Crippen molar-refractivity contribution < 1.29 is 14.3 Å². The largest absolute Gasteiger partial charge is 0.496 e. The highest BCUT2D eigenvalue weighted by Gasteiger charge is 2.43. The van der Waals surface area contributed by atoms with Gasteiger partial charge in [0, 0.05) is 59.5 Å². The van der Waals surface area contributed by atoms with E-state index >= 15 is 0 Å². The second-order valence-corrected chi connectivity index (χ2v) is 10.2. The first-order valence-electron chi connectivity index (χ1n) is 12.6. The molecule has 2 aromatic carbocycles. The first kappa shape index (κ1) is 23.7. The fourth-order valence-corrected chi connectivity index (χ4v) is 6.09. The van der Waals surface area contributed by atoms with Gasteiger partial charge in [-0.25, -0.2) is 4.98 Å². The predicted molar refractivity (Wildman–Crippen MR) is 145 cm³/mol. The maximum Gasteiger partial charge on any atom is 0.254 e. The molecule has 4 aromatic rings. The highest BCUT2D eigenvalue weighted by Crippen LogP contribution is 2.39. The SMILES string of the molecule is COc1cc(OC)c(-c2cn3ccc(N[C@@H]4C[C@H]5CC[C@@H](C4)N5C(=O)c4ccccc4)cc3n2)cc1Cl. The molecule has 8 heteroatoms. The lowest BCUT2D eigenvalue weighted by molar-refractivity contribution is 0.0583. The van der Waals surface area contributed by atoms with Crippen LogP contribution in [0.2, 0.25) is 5.02 Å². The Hall–Kier alpha value is -3.71. The Kier molecular flexibility index (Phi) is 6.16. The predicted octanol–water partition coefficient (Wildman–Crippen LogP) is 5.92. The molecule has 7 nitrogen and oxygen atoms in total. The van der Waals surface area contributed by atoms with Gasteiger partial charge in [-0.15, -0.1) is 0 Å². The molecular weight excluding hydrogens is 488 g/mol. The number of amides is 1. The zero-order valence-electron chi connectivity index (χ0n) is 20.9. The van der Waals surface area contributed by atoms with Crippen molar-refractivity contribution in [2.45, 2.75) is 43.8 Å². The summed E-state index contributed by atoms with van der Waals surface area (Å²) in [5.41, 5.74) is 4.20. The molecule has 2 bridgehead atoms. The van der Waals surface area contributed by atoms with E-state index in [1.165, 1.54) is 0 Å². The van der Waals surface area contributed by atoms with Crippen molar-refractivity contribution >= 4 is 28.8 Å². The molecule has 0 aliphatic carbocycles. The molecule has 0 radical (unpaired) electrons. The summed E-state index contributed by atoms with van der Waals surface area (Å²) in [4.78, 5) is 20.1. The molecule has 6 rings (SSSR count). The number of nitrogens with zero attached hydrogens (tertiary/aromatic N) is 3. The van der Waals surface area contributed by atoms with E-state index in [4.69, 9.17) is 26.1 Å². The average Bonchev–Trinajstić information content (AvgIpc) is 3.46. The fraction of sp³-hybridized carbons (Fsp3) is 0.310. The van der Waals surface area contributed by atoms with E-state index < -0.39 is 0 Å². The van der Waals surface area contributed by atoms with Crippen molar-refractivity contribution in [1.82, 2.24) is 14.3 Å². The van der Waals surface area contributed by atoms with Crippen LogP contribution in [0.5, 0.6) is 11.5 Å². The first-order chi connectivity index (χ1) is 18.0. The minimum Gasteiger partial charge on any atom is -0.496 e. The second kappa shape index (κ2) is 9.63. The standard InChI is InChI=1S/C29H29ClN4O3/c1-36-26-16-27(37-2)24(30)15-23(26)25-17-33-11-10-19(14-28(33)32-25)31-20-12-21-8-9-22(13-20)34(21)29(35)18-6-4-3-5-7-18/h3-7,10-11,14-17,20-22,31H,8-9,12-13H2,1-2H3/t20-,21-,22+. The number of nitrogens with one attached hydrogen (secondary N) is 1. The van der Waals surface area contributed by atoms with Crippen molar-refractivity contribution in [3.05, 3.63) is 77.6 Å². The number of hydrogen-bond acceptors (Lipinski definition) is 5. The van der Waals surface area contributed by atoms with Crippen LogP contribution >= 0.6 is 11.6 Å². The number of pyridine rings is 1. The van der Waals surface area contributed by atoms with Gasteiger partial charge >= 0.3 is 0 Å². The van der Waals surface area contributed by atoms with Crippen LogP contribution in [0.1, 0.15) is 36.0 Å². The molecule has 3 atom stereocenters. The number of anilines is 1. The number of benzene rings is 2. The molecule has 2 aromatic heterocycles. The lowest BCUT2D eigenvalue weighted by atomic mass is 9.96. The lowest BCUT2D eigenvalue weighted by Crippen LogP contribution is -2.49. The Morgan fingerprint density at radius 1 is 1.00 bits per heavy atom. The van der Waals surface area contributed by atoms with Gasteiger partial charge in [0.25, 0.3) is 5.91 Å². The molecule has 0 unspecified atom stereocenters. The normalized spacial score (nSPS) is 20.7. The third kappa shape index (κ3) is 4.37. The number of fused-ring (bicyclic) bond motifs is 3. The van der Waals surface area contributed by atoms with Crippen LogP contribution in [0.3, 0.4) is 0 Å². The number of imidazole rings is 1. The average molecular weight is 517 g/mol. The molecule has 0 saturated carbocycles. The van der Waals surface area contributed by atoms with Crippen molar-refractivity contribution in [1.29, 1.82) is 0 Å².